The zero-order valence-electron chi connectivity index (χ0n) is 15.8. The largest absolute Gasteiger partial charge is 0.491 e. The third kappa shape index (κ3) is 5.16. The van der Waals surface area contributed by atoms with E-state index in [9.17, 15) is 19.5 Å². The summed E-state index contributed by atoms with van der Waals surface area (Å²) in [4.78, 5) is 37.2. The van der Waals surface area contributed by atoms with E-state index in [0.29, 0.717) is 23.1 Å². The highest BCUT2D eigenvalue weighted by Crippen LogP contribution is 2.37. The molecule has 1 aliphatic heterocycles. The average Bonchev–Trinajstić information content (AvgIpc) is 3.00. The number of imide groups is 1. The van der Waals surface area contributed by atoms with Crippen molar-refractivity contribution in [2.24, 2.45) is 0 Å². The summed E-state index contributed by atoms with van der Waals surface area (Å²) in [5.41, 5.74) is 1.45. The van der Waals surface area contributed by atoms with E-state index < -0.39 is 28.0 Å². The van der Waals surface area contributed by atoms with E-state index in [2.05, 4.69) is 5.32 Å². The van der Waals surface area contributed by atoms with Crippen LogP contribution >= 0.6 is 11.8 Å². The summed E-state index contributed by atoms with van der Waals surface area (Å²) < 4.78 is 9.11. The Morgan fingerprint density at radius 1 is 1.10 bits per heavy atom. The minimum atomic E-state index is -1.67. The molecule has 2 N–H and O–H groups in total. The maximum Gasteiger partial charge on any atom is 0.333 e. The van der Waals surface area contributed by atoms with Gasteiger partial charge < -0.3 is 14.6 Å². The minimum absolute atomic E-state index is 0.000451. The number of carbonyl (C=O) groups excluding carboxylic acids is 3. The summed E-state index contributed by atoms with van der Waals surface area (Å²) >= 11 is 0.639. The minimum Gasteiger partial charge on any atom is -0.491 e. The van der Waals surface area contributed by atoms with Gasteiger partial charge in [0.1, 0.15) is 19.0 Å². The van der Waals surface area contributed by atoms with E-state index in [-0.39, 0.29) is 19.6 Å². The number of esters is 1. The number of rotatable bonds is 8. The lowest BCUT2D eigenvalue weighted by molar-refractivity contribution is -0.150. The van der Waals surface area contributed by atoms with Crippen LogP contribution < -0.4 is 10.1 Å². The molecule has 3 rings (SSSR count). The molecule has 1 fully saturated rings. The number of hydrogen-bond acceptors (Lipinski definition) is 7. The van der Waals surface area contributed by atoms with Gasteiger partial charge in [0.2, 0.25) is 4.75 Å². The summed E-state index contributed by atoms with van der Waals surface area (Å²) in [5, 5.41) is 10.9. The molecule has 0 aromatic heterocycles. The third-order valence-electron chi connectivity index (χ3n) is 4.26. The number of hydrogen-bond donors (Lipinski definition) is 2. The fourth-order valence-electron chi connectivity index (χ4n) is 2.79. The Morgan fingerprint density at radius 2 is 1.79 bits per heavy atom. The Hall–Kier alpha value is -2.84. The first-order valence-corrected chi connectivity index (χ1v) is 9.86. The number of carbonyl (C=O) groups is 3. The summed E-state index contributed by atoms with van der Waals surface area (Å²) in [6.07, 6.45) is -0.596. The summed E-state index contributed by atoms with van der Waals surface area (Å²) in [6, 6.07) is 15.9. The molecule has 2 aromatic rings. The van der Waals surface area contributed by atoms with E-state index in [4.69, 9.17) is 9.47 Å². The van der Waals surface area contributed by atoms with Crippen molar-refractivity contribution < 1.29 is 29.0 Å². The van der Waals surface area contributed by atoms with Crippen LogP contribution in [0.5, 0.6) is 5.75 Å². The normalized spacial score (nSPS) is 19.5. The van der Waals surface area contributed by atoms with Crippen LogP contribution in [0.4, 0.5) is 4.79 Å². The van der Waals surface area contributed by atoms with Gasteiger partial charge >= 0.3 is 5.97 Å². The molecule has 1 heterocycles. The molecule has 0 spiro atoms. The molecule has 0 saturated carbocycles. The van der Waals surface area contributed by atoms with Crippen molar-refractivity contribution in [1.29, 1.82) is 0 Å². The van der Waals surface area contributed by atoms with E-state index >= 15 is 0 Å². The van der Waals surface area contributed by atoms with Crippen LogP contribution in [0.1, 0.15) is 18.1 Å². The first-order chi connectivity index (χ1) is 13.9. The van der Waals surface area contributed by atoms with Crippen LogP contribution in [0, 0.1) is 0 Å². The molecule has 7 nitrogen and oxygen atoms in total. The van der Waals surface area contributed by atoms with Crippen LogP contribution in [0.2, 0.25) is 0 Å². The van der Waals surface area contributed by atoms with Gasteiger partial charge in [0.25, 0.3) is 11.1 Å². The molecule has 2 unspecified atom stereocenters. The molecule has 152 valence electrons. The lowest BCUT2D eigenvalue weighted by Gasteiger charge is -2.22. The van der Waals surface area contributed by atoms with Crippen LogP contribution in [0.3, 0.4) is 0 Å². The van der Waals surface area contributed by atoms with Crippen molar-refractivity contribution in [2.45, 2.75) is 30.8 Å². The number of ether oxygens (including phenoxy) is 2. The smallest absolute Gasteiger partial charge is 0.333 e. The maximum atomic E-state index is 12.8. The Labute approximate surface area is 172 Å². The second kappa shape index (κ2) is 9.11. The van der Waals surface area contributed by atoms with Crippen molar-refractivity contribution >= 4 is 28.9 Å². The van der Waals surface area contributed by atoms with E-state index in [0.717, 1.165) is 5.56 Å². The molecule has 0 radical (unpaired) electrons. The highest BCUT2D eigenvalue weighted by atomic mass is 32.2. The molecule has 2 amide bonds. The SMILES string of the molecule is CC(O)COc1ccc(CC2(C(=O)OCc3ccccc3)SC(=O)NC2=O)cc1. The number of aliphatic hydroxyl groups is 1. The highest BCUT2D eigenvalue weighted by Gasteiger charge is 2.55. The quantitative estimate of drug-likeness (QED) is 0.504. The van der Waals surface area contributed by atoms with Gasteiger partial charge in [-0.2, -0.15) is 0 Å². The number of benzene rings is 2. The van der Waals surface area contributed by atoms with Gasteiger partial charge in [-0.25, -0.2) is 4.79 Å². The first kappa shape index (κ1) is 20.9. The lowest BCUT2D eigenvalue weighted by Crippen LogP contribution is -2.46. The van der Waals surface area contributed by atoms with Gasteiger partial charge in [0.15, 0.2) is 0 Å². The van der Waals surface area contributed by atoms with E-state index in [1.807, 2.05) is 18.2 Å². The molecule has 0 bridgehead atoms. The van der Waals surface area contributed by atoms with Crippen LogP contribution in [0.25, 0.3) is 0 Å². The summed E-state index contributed by atoms with van der Waals surface area (Å²) in [7, 11) is 0. The van der Waals surface area contributed by atoms with Crippen molar-refractivity contribution in [3.8, 4) is 5.75 Å². The molecule has 2 aromatic carbocycles. The average molecular weight is 415 g/mol. The molecule has 29 heavy (non-hydrogen) atoms. The highest BCUT2D eigenvalue weighted by molar-refractivity contribution is 8.16. The van der Waals surface area contributed by atoms with Gasteiger partial charge in [-0.3, -0.25) is 14.9 Å². The topological polar surface area (TPSA) is 102 Å². The lowest BCUT2D eigenvalue weighted by atomic mass is 9.97. The van der Waals surface area contributed by atoms with Gasteiger partial charge in [-0.15, -0.1) is 0 Å². The molecule has 1 aliphatic rings. The number of aliphatic hydroxyl groups excluding tert-OH is 1. The molecule has 8 heteroatoms. The predicted molar refractivity (Wildman–Crippen MR) is 107 cm³/mol. The zero-order valence-corrected chi connectivity index (χ0v) is 16.6. The van der Waals surface area contributed by atoms with Gasteiger partial charge in [0, 0.05) is 6.42 Å². The Bertz CT molecular complexity index is 884. The van der Waals surface area contributed by atoms with Crippen LogP contribution in [-0.2, 0) is 27.4 Å². The van der Waals surface area contributed by atoms with Gasteiger partial charge in [-0.1, -0.05) is 42.5 Å². The van der Waals surface area contributed by atoms with Crippen molar-refractivity contribution in [2.75, 3.05) is 6.61 Å². The number of nitrogens with one attached hydrogen (secondary N) is 1. The monoisotopic (exact) mass is 415 g/mol. The number of thioether (sulfide) groups is 1. The van der Waals surface area contributed by atoms with Crippen molar-refractivity contribution in [3.63, 3.8) is 0 Å². The third-order valence-corrected chi connectivity index (χ3v) is 5.39. The van der Waals surface area contributed by atoms with Gasteiger partial charge in [0.05, 0.1) is 6.10 Å². The van der Waals surface area contributed by atoms with Gasteiger partial charge in [-0.05, 0) is 41.9 Å². The second-order valence-electron chi connectivity index (χ2n) is 6.71. The Morgan fingerprint density at radius 3 is 2.38 bits per heavy atom. The summed E-state index contributed by atoms with van der Waals surface area (Å²) in [6.45, 7) is 1.78. The molecular weight excluding hydrogens is 394 g/mol. The van der Waals surface area contributed by atoms with Crippen LogP contribution in [0.15, 0.2) is 54.6 Å². The van der Waals surface area contributed by atoms with Crippen molar-refractivity contribution in [3.05, 3.63) is 65.7 Å². The van der Waals surface area contributed by atoms with Crippen molar-refractivity contribution in [1.82, 2.24) is 5.32 Å². The maximum absolute atomic E-state index is 12.8. The fourth-order valence-corrected chi connectivity index (χ4v) is 3.78. The Kier molecular flexibility index (Phi) is 6.56. The standard InChI is InChI=1S/C21H21NO6S/c1-14(23)12-27-17-9-7-15(8-10-17)11-21(18(24)22-20(26)29-21)19(25)28-13-16-5-3-2-4-6-16/h2-10,14,23H,11-13H2,1H3,(H,22,24,26). The summed E-state index contributed by atoms with van der Waals surface area (Å²) in [5.74, 6) is -0.890. The zero-order chi connectivity index (χ0) is 20.9. The Balaban J connectivity index is 1.74. The molecule has 0 aliphatic carbocycles. The molecular formula is C21H21NO6S. The van der Waals surface area contributed by atoms with Crippen LogP contribution in [-0.4, -0.2) is 39.7 Å². The number of amides is 2. The fraction of sp³-hybridized carbons (Fsp3) is 0.286. The first-order valence-electron chi connectivity index (χ1n) is 9.04. The molecule has 2 atom stereocenters. The molecule has 1 saturated heterocycles. The second-order valence-corrected chi connectivity index (χ2v) is 7.98. The van der Waals surface area contributed by atoms with E-state index in [1.165, 1.54) is 0 Å². The van der Waals surface area contributed by atoms with E-state index in [1.54, 1.807) is 43.3 Å². The predicted octanol–water partition coefficient (Wildman–Crippen LogP) is 2.45.